The summed E-state index contributed by atoms with van der Waals surface area (Å²) in [6, 6.07) is 13.4. The highest BCUT2D eigenvalue weighted by Crippen LogP contribution is 2.29. The van der Waals surface area contributed by atoms with Gasteiger partial charge in [0.1, 0.15) is 0 Å². The van der Waals surface area contributed by atoms with Crippen molar-refractivity contribution < 1.29 is 4.79 Å². The average Bonchev–Trinajstić information content (AvgIpc) is 3.20. The maximum absolute atomic E-state index is 13.5. The number of likely N-dealkylation sites (N-methyl/N-ethyl adjacent to an activating group) is 1. The van der Waals surface area contributed by atoms with Crippen molar-refractivity contribution in [3.63, 3.8) is 0 Å². The van der Waals surface area contributed by atoms with E-state index in [-0.39, 0.29) is 18.3 Å². The minimum absolute atomic E-state index is 0. The second-order valence-corrected chi connectivity index (χ2v) is 7.72. The highest BCUT2D eigenvalue weighted by Gasteiger charge is 2.22. The second-order valence-electron chi connectivity index (χ2n) is 6.71. The first-order valence-electron chi connectivity index (χ1n) is 9.80. The van der Waals surface area contributed by atoms with E-state index in [0.717, 1.165) is 40.5 Å². The number of para-hydroxylation sites is 1. The molecular formula is C22H24ClN5OS. The number of carbonyl (C=O) groups excluding carboxylic acids is 1. The molecule has 1 amide bonds. The summed E-state index contributed by atoms with van der Waals surface area (Å²) in [5.41, 5.74) is 3.00. The Labute approximate surface area is 186 Å². The molecule has 0 aliphatic heterocycles. The van der Waals surface area contributed by atoms with Crippen molar-refractivity contribution >= 4 is 56.0 Å². The molecule has 0 N–H and O–H groups in total. The number of rotatable bonds is 7. The molecule has 0 bridgehead atoms. The van der Waals surface area contributed by atoms with Crippen LogP contribution in [0.3, 0.4) is 0 Å². The molecule has 6 nitrogen and oxygen atoms in total. The molecule has 2 heterocycles. The molecule has 0 aliphatic carbocycles. The van der Waals surface area contributed by atoms with Crippen LogP contribution in [0, 0.1) is 0 Å². The number of hydrogen-bond acceptors (Lipinski definition) is 6. The molecule has 0 fully saturated rings. The molecule has 4 rings (SSSR count). The topological polar surface area (TPSA) is 62.2 Å². The van der Waals surface area contributed by atoms with E-state index in [2.05, 4.69) is 28.7 Å². The molecule has 30 heavy (non-hydrogen) atoms. The number of aromatic nitrogens is 3. The van der Waals surface area contributed by atoms with Crippen LogP contribution in [0.4, 0.5) is 5.13 Å². The summed E-state index contributed by atoms with van der Waals surface area (Å²) in [5, 5.41) is 0.725. The Morgan fingerprint density at radius 2 is 1.67 bits per heavy atom. The predicted octanol–water partition coefficient (Wildman–Crippen LogP) is 4.65. The highest BCUT2D eigenvalue weighted by molar-refractivity contribution is 7.22. The number of thiazole rings is 1. The molecule has 0 saturated heterocycles. The lowest BCUT2D eigenvalue weighted by molar-refractivity contribution is 0.0984. The van der Waals surface area contributed by atoms with Crippen molar-refractivity contribution in [3.8, 4) is 0 Å². The van der Waals surface area contributed by atoms with Gasteiger partial charge >= 0.3 is 0 Å². The van der Waals surface area contributed by atoms with Crippen molar-refractivity contribution in [2.75, 3.05) is 31.1 Å². The van der Waals surface area contributed by atoms with Gasteiger partial charge in [0.25, 0.3) is 5.91 Å². The zero-order valence-corrected chi connectivity index (χ0v) is 18.6. The Bertz CT molecular complexity index is 1110. The van der Waals surface area contributed by atoms with Crippen molar-refractivity contribution in [2.24, 2.45) is 0 Å². The van der Waals surface area contributed by atoms with Crippen LogP contribution in [0.25, 0.3) is 21.3 Å². The first-order valence-corrected chi connectivity index (χ1v) is 10.6. The van der Waals surface area contributed by atoms with Crippen LogP contribution in [0.15, 0.2) is 54.9 Å². The summed E-state index contributed by atoms with van der Waals surface area (Å²) >= 11 is 1.55. The van der Waals surface area contributed by atoms with Gasteiger partial charge in [-0.1, -0.05) is 37.3 Å². The van der Waals surface area contributed by atoms with E-state index in [9.17, 15) is 4.79 Å². The van der Waals surface area contributed by atoms with Crippen LogP contribution in [-0.4, -0.2) is 51.9 Å². The molecule has 0 atom stereocenters. The maximum Gasteiger partial charge on any atom is 0.260 e. The monoisotopic (exact) mass is 441 g/mol. The lowest BCUT2D eigenvalue weighted by Crippen LogP contribution is -2.38. The van der Waals surface area contributed by atoms with Gasteiger partial charge in [0.2, 0.25) is 0 Å². The van der Waals surface area contributed by atoms with E-state index >= 15 is 0 Å². The van der Waals surface area contributed by atoms with Crippen LogP contribution >= 0.6 is 23.7 Å². The molecule has 0 saturated carbocycles. The average molecular weight is 442 g/mol. The number of halogens is 1. The summed E-state index contributed by atoms with van der Waals surface area (Å²) in [6.45, 7) is 7.54. The molecule has 2 aromatic heterocycles. The molecule has 4 aromatic rings. The number of nitrogens with zero attached hydrogens (tertiary/aromatic N) is 5. The third-order valence-electron chi connectivity index (χ3n) is 5.01. The Morgan fingerprint density at radius 3 is 2.40 bits per heavy atom. The third kappa shape index (κ3) is 4.59. The first-order chi connectivity index (χ1) is 14.2. The standard InChI is InChI=1S/C22H23N5OS.ClH/c1-3-26(4-2)13-14-27(22-25-18-7-5-6-8-20(18)29-22)21(28)16-9-10-17-19(15-16)24-12-11-23-17;/h5-12,15H,3-4,13-14H2,1-2H3;1H. The number of amides is 1. The van der Waals surface area contributed by atoms with Gasteiger partial charge in [-0.15, -0.1) is 12.4 Å². The van der Waals surface area contributed by atoms with E-state index < -0.39 is 0 Å². The highest BCUT2D eigenvalue weighted by atomic mass is 35.5. The third-order valence-corrected chi connectivity index (χ3v) is 6.07. The first kappa shape index (κ1) is 22.1. The van der Waals surface area contributed by atoms with Crippen molar-refractivity contribution in [2.45, 2.75) is 13.8 Å². The molecular weight excluding hydrogens is 418 g/mol. The Morgan fingerprint density at radius 1 is 0.933 bits per heavy atom. The fraction of sp³-hybridized carbons (Fsp3) is 0.273. The summed E-state index contributed by atoms with van der Waals surface area (Å²) in [6.07, 6.45) is 3.30. The van der Waals surface area contributed by atoms with E-state index in [1.165, 1.54) is 0 Å². The van der Waals surface area contributed by atoms with Gasteiger partial charge in [-0.2, -0.15) is 0 Å². The normalized spacial score (nSPS) is 11.0. The Balaban J connectivity index is 0.00000256. The van der Waals surface area contributed by atoms with Crippen LogP contribution in [0.5, 0.6) is 0 Å². The van der Waals surface area contributed by atoms with Gasteiger partial charge in [-0.25, -0.2) is 4.98 Å². The SMILES string of the molecule is CCN(CC)CCN(C(=O)c1ccc2nccnc2c1)c1nc2ccccc2s1.Cl. The summed E-state index contributed by atoms with van der Waals surface area (Å²) in [7, 11) is 0. The van der Waals surface area contributed by atoms with Gasteiger partial charge in [0.05, 0.1) is 21.3 Å². The quantitative estimate of drug-likeness (QED) is 0.417. The van der Waals surface area contributed by atoms with E-state index in [0.29, 0.717) is 17.6 Å². The molecule has 0 radical (unpaired) electrons. The number of anilines is 1. The van der Waals surface area contributed by atoms with E-state index in [1.54, 1.807) is 28.6 Å². The molecule has 156 valence electrons. The Kier molecular flexibility index (Phi) is 7.31. The van der Waals surface area contributed by atoms with Gasteiger partial charge in [-0.05, 0) is 43.4 Å². The summed E-state index contributed by atoms with van der Waals surface area (Å²) in [4.78, 5) is 30.9. The second kappa shape index (κ2) is 9.93. The Hall–Kier alpha value is -2.61. The van der Waals surface area contributed by atoms with Crippen LogP contribution in [-0.2, 0) is 0 Å². The van der Waals surface area contributed by atoms with Crippen LogP contribution in [0.2, 0.25) is 0 Å². The molecule has 0 unspecified atom stereocenters. The largest absolute Gasteiger partial charge is 0.302 e. The number of hydrogen-bond donors (Lipinski definition) is 0. The van der Waals surface area contributed by atoms with E-state index in [4.69, 9.17) is 4.98 Å². The van der Waals surface area contributed by atoms with Gasteiger partial charge in [0.15, 0.2) is 5.13 Å². The molecule has 2 aromatic carbocycles. The van der Waals surface area contributed by atoms with Crippen molar-refractivity contribution in [3.05, 3.63) is 60.4 Å². The van der Waals surface area contributed by atoms with Gasteiger partial charge in [-0.3, -0.25) is 19.7 Å². The van der Waals surface area contributed by atoms with Gasteiger partial charge in [0, 0.05) is 31.0 Å². The van der Waals surface area contributed by atoms with Crippen LogP contribution in [0.1, 0.15) is 24.2 Å². The van der Waals surface area contributed by atoms with Crippen molar-refractivity contribution in [1.82, 2.24) is 19.9 Å². The lowest BCUT2D eigenvalue weighted by Gasteiger charge is -2.24. The molecule has 0 aliphatic rings. The van der Waals surface area contributed by atoms with E-state index in [1.807, 2.05) is 42.5 Å². The minimum Gasteiger partial charge on any atom is -0.302 e. The zero-order chi connectivity index (χ0) is 20.2. The van der Waals surface area contributed by atoms with Gasteiger partial charge < -0.3 is 4.90 Å². The maximum atomic E-state index is 13.5. The zero-order valence-electron chi connectivity index (χ0n) is 17.0. The van der Waals surface area contributed by atoms with Crippen molar-refractivity contribution in [1.29, 1.82) is 0 Å². The number of fused-ring (bicyclic) bond motifs is 2. The van der Waals surface area contributed by atoms with Crippen LogP contribution < -0.4 is 4.90 Å². The summed E-state index contributed by atoms with van der Waals surface area (Å²) < 4.78 is 1.08. The number of benzene rings is 2. The molecule has 0 spiro atoms. The fourth-order valence-corrected chi connectivity index (χ4v) is 4.28. The summed E-state index contributed by atoms with van der Waals surface area (Å²) in [5.74, 6) is -0.0660. The predicted molar refractivity (Wildman–Crippen MR) is 126 cm³/mol. The fourth-order valence-electron chi connectivity index (χ4n) is 3.29. The number of carbonyl (C=O) groups is 1. The molecule has 8 heteroatoms. The minimum atomic E-state index is -0.0660. The lowest BCUT2D eigenvalue weighted by atomic mass is 10.1. The smallest absolute Gasteiger partial charge is 0.260 e.